The summed E-state index contributed by atoms with van der Waals surface area (Å²) in [7, 11) is 0. The van der Waals surface area contributed by atoms with Crippen LogP contribution in [-0.4, -0.2) is 26.2 Å². The average Bonchev–Trinajstić information content (AvgIpc) is 0.717. The molecule has 4 heterocycles. The third-order valence-electron chi connectivity index (χ3n) is 20.0. The lowest BCUT2D eigenvalue weighted by atomic mass is 9.33. The SMILES string of the molecule is CC(C)(C)c1ccc2c(c1)N(c1ccc(-c3ccccc3)cc1)c1cc(-c3ccc4c(c3)c3ccc(-c5ccccc5)cc3n4-c3ccc(C(F)(F)F)cc3-c3nc(-c4ccccc4)nc(-c4ccccc4)n3)cc3c1B2c1ccc(C(C)(C)C)cc1N3c1ccc(-c2ccccc2)cc1. The number of hydrogen-bond donors (Lipinski definition) is 0. The van der Waals surface area contributed by atoms with Gasteiger partial charge in [0.2, 0.25) is 0 Å². The van der Waals surface area contributed by atoms with Gasteiger partial charge >= 0.3 is 6.18 Å². The molecule has 0 saturated carbocycles. The van der Waals surface area contributed by atoms with Crippen molar-refractivity contribution in [3.05, 3.63) is 320 Å². The van der Waals surface area contributed by atoms with Crippen molar-refractivity contribution in [2.45, 2.75) is 58.5 Å². The summed E-state index contributed by atoms with van der Waals surface area (Å²) in [5, 5.41) is 1.83. The van der Waals surface area contributed by atoms with Crippen molar-refractivity contribution >= 4 is 79.0 Å². The van der Waals surface area contributed by atoms with Gasteiger partial charge in [-0.15, -0.1) is 0 Å². The number of hydrogen-bond acceptors (Lipinski definition) is 5. The van der Waals surface area contributed by atoms with Crippen LogP contribution in [0.1, 0.15) is 58.2 Å². The Morgan fingerprint density at radius 3 is 1.15 bits per heavy atom. The third-order valence-corrected chi connectivity index (χ3v) is 20.0. The number of benzene rings is 13. The smallest absolute Gasteiger partial charge is 0.311 e. The minimum Gasteiger partial charge on any atom is -0.311 e. The Labute approximate surface area is 581 Å². The van der Waals surface area contributed by atoms with Crippen LogP contribution in [0, 0.1) is 0 Å². The maximum atomic E-state index is 15.4. The van der Waals surface area contributed by atoms with Crippen LogP contribution >= 0.6 is 0 Å². The Bertz CT molecular complexity index is 5420. The number of nitrogens with zero attached hydrogens (tertiary/aromatic N) is 6. The molecule has 2 aromatic heterocycles. The van der Waals surface area contributed by atoms with E-state index >= 15 is 13.2 Å². The van der Waals surface area contributed by atoms with E-state index in [9.17, 15) is 0 Å². The second kappa shape index (κ2) is 24.0. The van der Waals surface area contributed by atoms with Gasteiger partial charge in [0.25, 0.3) is 6.71 Å². The minimum absolute atomic E-state index is 0.104. The van der Waals surface area contributed by atoms with Crippen molar-refractivity contribution in [3.8, 4) is 84.4 Å². The van der Waals surface area contributed by atoms with Gasteiger partial charge in [-0.2, -0.15) is 13.2 Å². The number of halogens is 3. The van der Waals surface area contributed by atoms with E-state index in [4.69, 9.17) is 15.0 Å². The fourth-order valence-corrected chi connectivity index (χ4v) is 14.8. The van der Waals surface area contributed by atoms with Crippen LogP contribution < -0.4 is 26.2 Å². The first-order valence-electron chi connectivity index (χ1n) is 34.1. The van der Waals surface area contributed by atoms with Crippen LogP contribution in [0.4, 0.5) is 47.3 Å². The van der Waals surface area contributed by atoms with Gasteiger partial charge < -0.3 is 14.4 Å². The molecule has 0 bridgehead atoms. The molecule has 0 atom stereocenters. The van der Waals surface area contributed by atoms with E-state index in [1.165, 1.54) is 39.6 Å². The van der Waals surface area contributed by atoms with Gasteiger partial charge in [-0.3, -0.25) is 0 Å². The van der Waals surface area contributed by atoms with Crippen LogP contribution in [0.2, 0.25) is 0 Å². The van der Waals surface area contributed by atoms with Crippen LogP contribution in [0.25, 0.3) is 106 Å². The second-order valence-corrected chi connectivity index (χ2v) is 28.3. The highest BCUT2D eigenvalue weighted by Crippen LogP contribution is 2.50. The number of alkyl halides is 3. The lowest BCUT2D eigenvalue weighted by molar-refractivity contribution is -0.137. The minimum atomic E-state index is -4.69. The molecule has 15 aromatic rings. The molecule has 0 amide bonds. The van der Waals surface area contributed by atoms with E-state index in [2.05, 4.69) is 262 Å². The summed E-state index contributed by atoms with van der Waals surface area (Å²) in [6.45, 7) is 13.6. The molecule has 0 unspecified atom stereocenters. The lowest BCUT2D eigenvalue weighted by Gasteiger charge is -2.45. The summed E-state index contributed by atoms with van der Waals surface area (Å²) in [6.07, 6.45) is -4.69. The maximum Gasteiger partial charge on any atom is 0.416 e. The summed E-state index contributed by atoms with van der Waals surface area (Å²) < 4.78 is 48.3. The van der Waals surface area contributed by atoms with Gasteiger partial charge in [-0.25, -0.2) is 15.0 Å². The van der Waals surface area contributed by atoms with Crippen LogP contribution in [0.5, 0.6) is 0 Å². The standard InChI is InChI=1S/C90H68BF3N6/c1-88(2,3)67-38-46-75-80(55-67)98(70-41-32-60(33-42-70)57-22-12-7-13-23-57)82-52-66(53-83-84(82)91(75)76-47-39-68(89(4,5)6)56-81(76)99(83)71-43-34-61(35-44-71)58-24-14-8-15-25-58)64-37-48-77-73(50-64)72-45-36-65(59-26-16-9-17-27-59)51-79(72)100(77)78-49-40-69(90(92,93)94)54-74(78)87-96-85(62-28-18-10-19-29-62)95-86(97-87)63-30-20-11-21-31-63/h7-56H,1-6H3. The highest BCUT2D eigenvalue weighted by molar-refractivity contribution is 7.00. The van der Waals surface area contributed by atoms with Gasteiger partial charge in [0.1, 0.15) is 0 Å². The van der Waals surface area contributed by atoms with Crippen molar-refractivity contribution in [2.24, 2.45) is 0 Å². The predicted octanol–water partition coefficient (Wildman–Crippen LogP) is 22.3. The van der Waals surface area contributed by atoms with Crippen molar-refractivity contribution in [1.82, 2.24) is 19.5 Å². The number of aromatic nitrogens is 4. The first-order chi connectivity index (χ1) is 48.5. The zero-order chi connectivity index (χ0) is 68.2. The Morgan fingerprint density at radius 2 is 0.690 bits per heavy atom. The van der Waals surface area contributed by atoms with E-state index in [1.807, 2.05) is 78.9 Å². The van der Waals surface area contributed by atoms with Crippen LogP contribution in [-0.2, 0) is 17.0 Å². The summed E-state index contributed by atoms with van der Waals surface area (Å²) in [5.74, 6) is 0.776. The van der Waals surface area contributed by atoms with E-state index in [-0.39, 0.29) is 28.9 Å². The molecule has 0 N–H and O–H groups in total. The fourth-order valence-electron chi connectivity index (χ4n) is 14.8. The zero-order valence-corrected chi connectivity index (χ0v) is 56.3. The molecule has 0 radical (unpaired) electrons. The van der Waals surface area contributed by atoms with Crippen molar-refractivity contribution < 1.29 is 13.2 Å². The van der Waals surface area contributed by atoms with Gasteiger partial charge in [-0.1, -0.05) is 260 Å². The Kier molecular flexibility index (Phi) is 14.8. The van der Waals surface area contributed by atoms with Crippen molar-refractivity contribution in [2.75, 3.05) is 9.80 Å². The molecule has 100 heavy (non-hydrogen) atoms. The highest BCUT2D eigenvalue weighted by atomic mass is 19.4. The number of rotatable bonds is 10. The van der Waals surface area contributed by atoms with Gasteiger partial charge in [0.05, 0.1) is 22.3 Å². The van der Waals surface area contributed by atoms with Gasteiger partial charge in [0, 0.05) is 61.6 Å². The average molecular weight is 1300 g/mol. The Morgan fingerprint density at radius 1 is 0.290 bits per heavy atom. The fraction of sp³-hybridized carbons (Fsp3) is 0.100. The van der Waals surface area contributed by atoms with E-state index in [1.54, 1.807) is 6.07 Å². The Balaban J connectivity index is 0.940. The topological polar surface area (TPSA) is 50.1 Å². The predicted molar refractivity (Wildman–Crippen MR) is 409 cm³/mol. The normalized spacial score (nSPS) is 12.8. The molecule has 6 nitrogen and oxygen atoms in total. The molecule has 13 aromatic carbocycles. The van der Waals surface area contributed by atoms with Crippen LogP contribution in [0.3, 0.4) is 0 Å². The number of fused-ring (bicyclic) bond motifs is 7. The first kappa shape index (κ1) is 61.7. The molecule has 482 valence electrons. The zero-order valence-electron chi connectivity index (χ0n) is 56.3. The molecule has 0 spiro atoms. The molecule has 2 aliphatic rings. The quantitative estimate of drug-likeness (QED) is 0.128. The molecule has 2 aliphatic heterocycles. The molecule has 0 saturated heterocycles. The summed E-state index contributed by atoms with van der Waals surface area (Å²) in [5.41, 5.74) is 23.5. The second-order valence-electron chi connectivity index (χ2n) is 28.3. The molecule has 10 heteroatoms. The van der Waals surface area contributed by atoms with Gasteiger partial charge in [-0.05, 0) is 168 Å². The van der Waals surface area contributed by atoms with E-state index in [0.717, 1.165) is 100 Å². The molecule has 17 rings (SSSR count). The monoisotopic (exact) mass is 1300 g/mol. The number of anilines is 6. The molecule has 0 aliphatic carbocycles. The first-order valence-corrected chi connectivity index (χ1v) is 34.1. The summed E-state index contributed by atoms with van der Waals surface area (Å²) in [4.78, 5) is 20.1. The summed E-state index contributed by atoms with van der Waals surface area (Å²) >= 11 is 0. The summed E-state index contributed by atoms with van der Waals surface area (Å²) in [6, 6.07) is 104. The highest BCUT2D eigenvalue weighted by Gasteiger charge is 2.45. The van der Waals surface area contributed by atoms with Crippen LogP contribution in [0.15, 0.2) is 303 Å². The van der Waals surface area contributed by atoms with Gasteiger partial charge in [0.15, 0.2) is 17.5 Å². The van der Waals surface area contributed by atoms with E-state index in [0.29, 0.717) is 28.5 Å². The molecular formula is C90H68BF3N6. The molecular weight excluding hydrogens is 1230 g/mol. The van der Waals surface area contributed by atoms with Crippen molar-refractivity contribution in [3.63, 3.8) is 0 Å². The van der Waals surface area contributed by atoms with Crippen molar-refractivity contribution in [1.29, 1.82) is 0 Å². The third kappa shape index (κ3) is 10.9. The lowest BCUT2D eigenvalue weighted by Crippen LogP contribution is -2.61. The molecule has 0 fully saturated rings. The van der Waals surface area contributed by atoms with E-state index < -0.39 is 11.7 Å². The Hall–Kier alpha value is -11.9. The maximum absolute atomic E-state index is 15.4. The largest absolute Gasteiger partial charge is 0.416 e.